The molecular formula is C22H22N2O5. The molecule has 0 fully saturated rings. The molecule has 2 amide bonds. The molecule has 0 spiro atoms. The Hall–Kier alpha value is -3.74. The minimum absolute atomic E-state index is 0.0621. The second-order valence-electron chi connectivity index (χ2n) is 6.40. The largest absolute Gasteiger partial charge is 0.486 e. The molecule has 29 heavy (non-hydrogen) atoms. The number of benzene rings is 2. The smallest absolute Gasteiger partial charge is 0.305 e. The van der Waals surface area contributed by atoms with Gasteiger partial charge in [0.2, 0.25) is 0 Å². The van der Waals surface area contributed by atoms with E-state index in [-0.39, 0.29) is 19.0 Å². The van der Waals surface area contributed by atoms with E-state index < -0.39 is 11.8 Å². The minimum atomic E-state index is -0.574. The quantitative estimate of drug-likeness (QED) is 0.600. The van der Waals surface area contributed by atoms with E-state index in [1.54, 1.807) is 12.1 Å². The highest BCUT2D eigenvalue weighted by atomic mass is 16.5. The van der Waals surface area contributed by atoms with Gasteiger partial charge in [-0.15, -0.1) is 0 Å². The fourth-order valence-electron chi connectivity index (χ4n) is 2.43. The molecule has 0 atom stereocenters. The van der Waals surface area contributed by atoms with E-state index in [4.69, 9.17) is 13.9 Å². The zero-order valence-corrected chi connectivity index (χ0v) is 16.2. The van der Waals surface area contributed by atoms with E-state index in [0.717, 1.165) is 11.1 Å². The molecule has 7 heteroatoms. The van der Waals surface area contributed by atoms with Gasteiger partial charge in [-0.1, -0.05) is 24.3 Å². The first kappa shape index (κ1) is 20.0. The number of carbonyl (C=O) groups excluding carboxylic acids is 2. The third-order valence-corrected chi connectivity index (χ3v) is 4.17. The third-order valence-electron chi connectivity index (χ3n) is 4.17. The standard InChI is InChI=1S/C22H22N2O5/c1-15-8-9-18(12-16(15)2)28-14-21(25)23-24-22(26)20-11-10-19(29-20)13-27-17-6-4-3-5-7-17/h3-12H,13-14H2,1-2H3,(H,23,25)(H,24,26). The van der Waals surface area contributed by atoms with Crippen LogP contribution in [0.4, 0.5) is 0 Å². The van der Waals surface area contributed by atoms with Crippen molar-refractivity contribution < 1.29 is 23.5 Å². The van der Waals surface area contributed by atoms with Crippen LogP contribution in [0.2, 0.25) is 0 Å². The van der Waals surface area contributed by atoms with Crippen molar-refractivity contribution in [3.63, 3.8) is 0 Å². The van der Waals surface area contributed by atoms with Gasteiger partial charge < -0.3 is 13.9 Å². The predicted octanol–water partition coefficient (Wildman–Crippen LogP) is 3.32. The van der Waals surface area contributed by atoms with Gasteiger partial charge >= 0.3 is 5.91 Å². The maximum Gasteiger partial charge on any atom is 0.305 e. The Kier molecular flexibility index (Phi) is 6.52. The van der Waals surface area contributed by atoms with Crippen LogP contribution in [0.3, 0.4) is 0 Å². The zero-order valence-electron chi connectivity index (χ0n) is 16.2. The van der Waals surface area contributed by atoms with Crippen molar-refractivity contribution in [2.24, 2.45) is 0 Å². The molecule has 0 saturated heterocycles. The lowest BCUT2D eigenvalue weighted by Crippen LogP contribution is -2.43. The zero-order chi connectivity index (χ0) is 20.6. The van der Waals surface area contributed by atoms with Crippen LogP contribution in [-0.4, -0.2) is 18.4 Å². The number of hydrazine groups is 1. The fraction of sp³-hybridized carbons (Fsp3) is 0.182. The van der Waals surface area contributed by atoms with Gasteiger partial charge in [0.05, 0.1) is 0 Å². The first-order valence-corrected chi connectivity index (χ1v) is 9.07. The van der Waals surface area contributed by atoms with E-state index in [2.05, 4.69) is 10.9 Å². The molecular weight excluding hydrogens is 372 g/mol. The van der Waals surface area contributed by atoms with Crippen LogP contribution in [0.5, 0.6) is 11.5 Å². The fourth-order valence-corrected chi connectivity index (χ4v) is 2.43. The molecule has 7 nitrogen and oxygen atoms in total. The molecule has 0 radical (unpaired) electrons. The van der Waals surface area contributed by atoms with Gasteiger partial charge in [0, 0.05) is 0 Å². The normalized spacial score (nSPS) is 10.3. The summed E-state index contributed by atoms with van der Waals surface area (Å²) < 4.78 is 16.4. The van der Waals surface area contributed by atoms with Crippen molar-refractivity contribution >= 4 is 11.8 Å². The van der Waals surface area contributed by atoms with Crippen LogP contribution >= 0.6 is 0 Å². The van der Waals surface area contributed by atoms with Gasteiger partial charge in [-0.3, -0.25) is 20.4 Å². The van der Waals surface area contributed by atoms with E-state index in [9.17, 15) is 9.59 Å². The molecule has 0 bridgehead atoms. The molecule has 150 valence electrons. The second kappa shape index (κ2) is 9.45. The summed E-state index contributed by atoms with van der Waals surface area (Å²) in [6.45, 7) is 3.92. The van der Waals surface area contributed by atoms with Gasteiger partial charge in [-0.25, -0.2) is 0 Å². The Morgan fingerprint density at radius 1 is 0.862 bits per heavy atom. The van der Waals surface area contributed by atoms with Gasteiger partial charge in [-0.2, -0.15) is 0 Å². The Morgan fingerprint density at radius 2 is 1.66 bits per heavy atom. The maximum absolute atomic E-state index is 12.1. The number of aryl methyl sites for hydroxylation is 2. The Labute approximate surface area is 168 Å². The van der Waals surface area contributed by atoms with Gasteiger partial charge in [0.1, 0.15) is 23.9 Å². The molecule has 0 aliphatic carbocycles. The summed E-state index contributed by atoms with van der Waals surface area (Å²) in [5, 5.41) is 0. The van der Waals surface area contributed by atoms with Crippen molar-refractivity contribution in [2.45, 2.75) is 20.5 Å². The SMILES string of the molecule is Cc1ccc(OCC(=O)NNC(=O)c2ccc(COc3ccccc3)o2)cc1C. The summed E-state index contributed by atoms with van der Waals surface area (Å²) in [4.78, 5) is 24.0. The van der Waals surface area contributed by atoms with Crippen LogP contribution in [-0.2, 0) is 11.4 Å². The number of para-hydroxylation sites is 1. The van der Waals surface area contributed by atoms with E-state index in [1.165, 1.54) is 6.07 Å². The van der Waals surface area contributed by atoms with Crippen molar-refractivity contribution in [1.82, 2.24) is 10.9 Å². The van der Waals surface area contributed by atoms with Crippen molar-refractivity contribution in [1.29, 1.82) is 0 Å². The molecule has 0 aliphatic rings. The first-order valence-electron chi connectivity index (χ1n) is 9.07. The van der Waals surface area contributed by atoms with Crippen LogP contribution in [0, 0.1) is 13.8 Å². The lowest BCUT2D eigenvalue weighted by atomic mass is 10.1. The van der Waals surface area contributed by atoms with Crippen LogP contribution in [0.15, 0.2) is 65.1 Å². The van der Waals surface area contributed by atoms with E-state index >= 15 is 0 Å². The number of hydrogen-bond donors (Lipinski definition) is 2. The van der Waals surface area contributed by atoms with Gasteiger partial charge in [0.15, 0.2) is 12.4 Å². The topological polar surface area (TPSA) is 89.8 Å². The highest BCUT2D eigenvalue weighted by Gasteiger charge is 2.13. The number of furan rings is 1. The number of carbonyl (C=O) groups is 2. The molecule has 0 aliphatic heterocycles. The number of nitrogens with one attached hydrogen (secondary N) is 2. The van der Waals surface area contributed by atoms with Gasteiger partial charge in [-0.05, 0) is 61.4 Å². The first-order chi connectivity index (χ1) is 14.0. The number of amides is 2. The molecule has 3 rings (SSSR count). The van der Waals surface area contributed by atoms with Crippen LogP contribution < -0.4 is 20.3 Å². The number of rotatable bonds is 7. The molecule has 1 heterocycles. The molecule has 0 unspecified atom stereocenters. The summed E-state index contributed by atoms with van der Waals surface area (Å²) >= 11 is 0. The highest BCUT2D eigenvalue weighted by Crippen LogP contribution is 2.16. The average molecular weight is 394 g/mol. The summed E-state index contributed by atoms with van der Waals surface area (Å²) in [7, 11) is 0. The minimum Gasteiger partial charge on any atom is -0.486 e. The van der Waals surface area contributed by atoms with Gasteiger partial charge in [0.25, 0.3) is 5.91 Å². The van der Waals surface area contributed by atoms with Crippen molar-refractivity contribution in [3.8, 4) is 11.5 Å². The monoisotopic (exact) mass is 394 g/mol. The average Bonchev–Trinajstić information content (AvgIpc) is 3.21. The molecule has 2 N–H and O–H groups in total. The Bertz CT molecular complexity index is 982. The van der Waals surface area contributed by atoms with E-state index in [1.807, 2.05) is 56.3 Å². The molecule has 1 aromatic heterocycles. The summed E-state index contributed by atoms with van der Waals surface area (Å²) in [6, 6.07) is 18.0. The Morgan fingerprint density at radius 3 is 2.41 bits per heavy atom. The second-order valence-corrected chi connectivity index (χ2v) is 6.40. The van der Waals surface area contributed by atoms with Crippen molar-refractivity contribution in [3.05, 3.63) is 83.3 Å². The summed E-state index contributed by atoms with van der Waals surface area (Å²) in [5.74, 6) is 0.774. The summed E-state index contributed by atoms with van der Waals surface area (Å²) in [5.41, 5.74) is 6.79. The predicted molar refractivity (Wildman–Crippen MR) is 107 cm³/mol. The van der Waals surface area contributed by atoms with Crippen LogP contribution in [0.1, 0.15) is 27.4 Å². The van der Waals surface area contributed by atoms with E-state index in [0.29, 0.717) is 17.3 Å². The maximum atomic E-state index is 12.1. The lowest BCUT2D eigenvalue weighted by molar-refractivity contribution is -0.123. The lowest BCUT2D eigenvalue weighted by Gasteiger charge is -2.09. The Balaban J connectivity index is 1.42. The van der Waals surface area contributed by atoms with Crippen molar-refractivity contribution in [2.75, 3.05) is 6.61 Å². The summed E-state index contributed by atoms with van der Waals surface area (Å²) in [6.07, 6.45) is 0. The number of hydrogen-bond acceptors (Lipinski definition) is 5. The molecule has 2 aromatic carbocycles. The number of ether oxygens (including phenoxy) is 2. The van der Waals surface area contributed by atoms with Crippen LogP contribution in [0.25, 0.3) is 0 Å². The highest BCUT2D eigenvalue weighted by molar-refractivity contribution is 5.93. The molecule has 0 saturated carbocycles. The molecule has 3 aromatic rings. The third kappa shape index (κ3) is 5.87.